The van der Waals surface area contributed by atoms with Crippen molar-refractivity contribution in [2.75, 3.05) is 0 Å². The molecule has 0 aliphatic heterocycles. The highest BCUT2D eigenvalue weighted by Gasteiger charge is 2.13. The Morgan fingerprint density at radius 1 is 0.857 bits per heavy atom. The number of hydrogen-bond acceptors (Lipinski definition) is 3. The minimum atomic E-state index is -1.18. The van der Waals surface area contributed by atoms with Gasteiger partial charge in [0.2, 0.25) is 0 Å². The van der Waals surface area contributed by atoms with Crippen molar-refractivity contribution in [3.63, 3.8) is 0 Å². The molecule has 0 aromatic rings. The van der Waals surface area contributed by atoms with Gasteiger partial charge < -0.3 is 14.0 Å². The van der Waals surface area contributed by atoms with Crippen molar-refractivity contribution < 1.29 is 14.0 Å². The van der Waals surface area contributed by atoms with Crippen molar-refractivity contribution in [2.45, 2.75) is 0 Å². The van der Waals surface area contributed by atoms with E-state index in [4.69, 9.17) is 0 Å². The summed E-state index contributed by atoms with van der Waals surface area (Å²) in [5.41, 5.74) is 0. The normalized spacial score (nSPS) is 9.00. The smallest absolute Gasteiger partial charge is 0.378 e. The van der Waals surface area contributed by atoms with E-state index in [1.54, 1.807) is 0 Å². The lowest BCUT2D eigenvalue weighted by atomic mass is 10.2. The van der Waals surface area contributed by atoms with Crippen molar-refractivity contribution in [2.24, 2.45) is 0 Å². The zero-order valence-electron chi connectivity index (χ0n) is 3.53. The Kier molecular flexibility index (Phi) is 4.08. The molecular weight excluding hydrogens is 94.8 g/mol. The van der Waals surface area contributed by atoms with Crippen LogP contribution in [0.15, 0.2) is 0 Å². The average Bonchev–Trinajstić information content (AvgIpc) is 1.72. The molecule has 7 heavy (non-hydrogen) atoms. The lowest BCUT2D eigenvalue weighted by Crippen LogP contribution is -2.18. The number of rotatable bonds is 3. The highest BCUT2D eigenvalue weighted by atomic mass is 16.7. The maximum absolute atomic E-state index is 4.48. The first-order valence-electron chi connectivity index (χ1n) is 1.41. The summed E-state index contributed by atoms with van der Waals surface area (Å²) in [5, 5.41) is 0. The van der Waals surface area contributed by atoms with Crippen LogP contribution in [0.2, 0.25) is 0 Å². The van der Waals surface area contributed by atoms with E-state index in [-0.39, 0.29) is 0 Å². The van der Waals surface area contributed by atoms with E-state index < -0.39 is 7.32 Å². The van der Waals surface area contributed by atoms with E-state index in [9.17, 15) is 0 Å². The van der Waals surface area contributed by atoms with Gasteiger partial charge in [-0.3, -0.25) is 0 Å². The molecule has 0 aromatic heterocycles. The molecule has 0 unspecified atom stereocenters. The first kappa shape index (κ1) is 6.94. The highest BCUT2D eigenvalue weighted by molar-refractivity contribution is 6.36. The molecule has 0 bridgehead atoms. The standard InChI is InChI=1S/C3H3BO3/c1-5-4(6-2)7-3/h1-3H. The SMILES string of the molecule is [CH]OB(O[CH])O[CH]. The Bertz CT molecular complexity index is 31.7. The Hall–Kier alpha value is -0.0551. The molecule has 4 heteroatoms. The van der Waals surface area contributed by atoms with Gasteiger partial charge in [-0.25, -0.2) is 0 Å². The topological polar surface area (TPSA) is 27.7 Å². The van der Waals surface area contributed by atoms with Gasteiger partial charge in [0, 0.05) is 0 Å². The molecule has 0 saturated carbocycles. The second-order valence-corrected chi connectivity index (χ2v) is 0.697. The lowest BCUT2D eigenvalue weighted by molar-refractivity contribution is 0.214. The summed E-state index contributed by atoms with van der Waals surface area (Å²) in [6.07, 6.45) is 0. The second kappa shape index (κ2) is 4.11. The van der Waals surface area contributed by atoms with Crippen LogP contribution >= 0.6 is 0 Å². The molecule has 0 aromatic carbocycles. The van der Waals surface area contributed by atoms with Crippen molar-refractivity contribution >= 4 is 7.32 Å². The van der Waals surface area contributed by atoms with Gasteiger partial charge in [0.05, 0.1) is 21.3 Å². The van der Waals surface area contributed by atoms with Crippen molar-refractivity contribution in [3.05, 3.63) is 21.3 Å². The van der Waals surface area contributed by atoms with Crippen molar-refractivity contribution in [1.82, 2.24) is 0 Å². The summed E-state index contributed by atoms with van der Waals surface area (Å²) in [6.45, 7) is 0. The van der Waals surface area contributed by atoms with Crippen LogP contribution in [0.3, 0.4) is 0 Å². The summed E-state index contributed by atoms with van der Waals surface area (Å²) < 4.78 is 11.6. The predicted octanol–water partition coefficient (Wildman–Crippen LogP) is 0.0269. The summed E-state index contributed by atoms with van der Waals surface area (Å²) in [5.74, 6) is 0. The summed E-state index contributed by atoms with van der Waals surface area (Å²) in [6, 6.07) is 0. The van der Waals surface area contributed by atoms with Gasteiger partial charge in [-0.2, -0.15) is 0 Å². The van der Waals surface area contributed by atoms with Crippen LogP contribution in [0.5, 0.6) is 0 Å². The van der Waals surface area contributed by atoms with Crippen molar-refractivity contribution in [1.29, 1.82) is 0 Å². The molecule has 36 valence electrons. The van der Waals surface area contributed by atoms with E-state index in [1.807, 2.05) is 0 Å². The van der Waals surface area contributed by atoms with E-state index in [0.29, 0.717) is 0 Å². The quantitative estimate of drug-likeness (QED) is 0.466. The third-order valence-corrected chi connectivity index (χ3v) is 0.333. The highest BCUT2D eigenvalue weighted by Crippen LogP contribution is 1.85. The Balaban J connectivity index is 2.99. The molecule has 0 aliphatic rings. The van der Waals surface area contributed by atoms with E-state index >= 15 is 0 Å². The van der Waals surface area contributed by atoms with Gasteiger partial charge in [-0.05, 0) is 0 Å². The molecule has 0 atom stereocenters. The van der Waals surface area contributed by atoms with Crippen LogP contribution in [0.25, 0.3) is 0 Å². The minimum absolute atomic E-state index is 1.18. The first-order valence-corrected chi connectivity index (χ1v) is 1.41. The van der Waals surface area contributed by atoms with Gasteiger partial charge >= 0.3 is 7.32 Å². The third-order valence-electron chi connectivity index (χ3n) is 0.333. The Morgan fingerprint density at radius 3 is 1.14 bits per heavy atom. The largest absolute Gasteiger partial charge is 0.640 e. The maximum Gasteiger partial charge on any atom is 0.640 e. The zero-order valence-corrected chi connectivity index (χ0v) is 3.53. The predicted molar refractivity (Wildman–Crippen MR) is 21.9 cm³/mol. The van der Waals surface area contributed by atoms with Crippen LogP contribution < -0.4 is 0 Å². The average molecular weight is 97.9 g/mol. The molecule has 3 nitrogen and oxygen atoms in total. The molecule has 0 rings (SSSR count). The molecule has 0 spiro atoms. The van der Waals surface area contributed by atoms with Crippen LogP contribution in [0.1, 0.15) is 0 Å². The summed E-state index contributed by atoms with van der Waals surface area (Å²) in [4.78, 5) is 0. The summed E-state index contributed by atoms with van der Waals surface area (Å²) >= 11 is 0. The monoisotopic (exact) mass is 98.0 g/mol. The van der Waals surface area contributed by atoms with Crippen molar-refractivity contribution in [3.8, 4) is 0 Å². The lowest BCUT2D eigenvalue weighted by Gasteiger charge is -1.99. The summed E-state index contributed by atoms with van der Waals surface area (Å²) in [7, 11) is 12.3. The first-order chi connectivity index (χ1) is 3.35. The van der Waals surface area contributed by atoms with Gasteiger partial charge in [-0.15, -0.1) is 0 Å². The molecular formula is C3H3BO3. The molecule has 6 radical (unpaired) electrons. The van der Waals surface area contributed by atoms with Crippen LogP contribution in [0, 0.1) is 21.3 Å². The van der Waals surface area contributed by atoms with Crippen LogP contribution in [-0.2, 0) is 14.0 Å². The molecule has 0 heterocycles. The van der Waals surface area contributed by atoms with E-state index in [2.05, 4.69) is 35.3 Å². The van der Waals surface area contributed by atoms with Crippen LogP contribution in [0.4, 0.5) is 0 Å². The van der Waals surface area contributed by atoms with Crippen LogP contribution in [-0.4, -0.2) is 7.32 Å². The van der Waals surface area contributed by atoms with Gasteiger partial charge in [0.15, 0.2) is 0 Å². The van der Waals surface area contributed by atoms with E-state index in [0.717, 1.165) is 0 Å². The molecule has 0 amide bonds. The fraction of sp³-hybridized carbons (Fsp3) is 0. The minimum Gasteiger partial charge on any atom is -0.378 e. The number of hydrogen-bond donors (Lipinski definition) is 0. The zero-order chi connectivity index (χ0) is 5.70. The maximum atomic E-state index is 4.48. The Morgan fingerprint density at radius 2 is 1.14 bits per heavy atom. The second-order valence-electron chi connectivity index (χ2n) is 0.697. The molecule has 0 N–H and O–H groups in total. The van der Waals surface area contributed by atoms with E-state index in [1.165, 1.54) is 0 Å². The Labute approximate surface area is 43.7 Å². The van der Waals surface area contributed by atoms with Gasteiger partial charge in [0.25, 0.3) is 0 Å². The third kappa shape index (κ3) is 2.62. The van der Waals surface area contributed by atoms with Gasteiger partial charge in [-0.1, -0.05) is 0 Å². The van der Waals surface area contributed by atoms with Gasteiger partial charge in [0.1, 0.15) is 0 Å². The fourth-order valence-corrected chi connectivity index (χ4v) is 0.0962. The molecule has 0 fully saturated rings. The fourth-order valence-electron chi connectivity index (χ4n) is 0.0962. The molecule has 0 saturated heterocycles. The molecule has 0 aliphatic carbocycles.